The molecule has 1 N–H and O–H groups in total. The van der Waals surface area contributed by atoms with Gasteiger partial charge in [0.25, 0.3) is 0 Å². The lowest BCUT2D eigenvalue weighted by molar-refractivity contribution is 0.296. The molecule has 2 aliphatic carbocycles. The van der Waals surface area contributed by atoms with Gasteiger partial charge in [-0.05, 0) is 32.1 Å². The maximum Gasteiger partial charge on any atom is 0.135 e. The summed E-state index contributed by atoms with van der Waals surface area (Å²) in [5.41, 5.74) is 2.55. The zero-order valence-electron chi connectivity index (χ0n) is 10.8. The van der Waals surface area contributed by atoms with Crippen molar-refractivity contribution >= 4 is 5.82 Å². The van der Waals surface area contributed by atoms with Gasteiger partial charge in [-0.3, -0.25) is 0 Å². The third-order valence-electron chi connectivity index (χ3n) is 4.23. The Labute approximate surface area is 108 Å². The van der Waals surface area contributed by atoms with Gasteiger partial charge in [-0.15, -0.1) is 0 Å². The molecule has 0 aliphatic heterocycles. The minimum Gasteiger partial charge on any atom is -0.395 e. The van der Waals surface area contributed by atoms with Crippen molar-refractivity contribution in [3.63, 3.8) is 0 Å². The van der Waals surface area contributed by atoms with Gasteiger partial charge in [0.05, 0.1) is 6.61 Å². The van der Waals surface area contributed by atoms with Crippen LogP contribution in [0.25, 0.3) is 0 Å². The van der Waals surface area contributed by atoms with E-state index in [1.165, 1.54) is 43.4 Å². The highest BCUT2D eigenvalue weighted by molar-refractivity contribution is 5.51. The number of aryl methyl sites for hydroxylation is 1. The molecule has 98 valence electrons. The summed E-state index contributed by atoms with van der Waals surface area (Å²) >= 11 is 0. The number of hydrogen-bond donors (Lipinski definition) is 1. The maximum atomic E-state index is 9.32. The molecule has 18 heavy (non-hydrogen) atoms. The van der Waals surface area contributed by atoms with E-state index >= 15 is 0 Å². The minimum atomic E-state index is 0.204. The Morgan fingerprint density at radius 2 is 2.00 bits per heavy atom. The minimum absolute atomic E-state index is 0.204. The molecule has 1 aromatic heterocycles. The molecule has 0 aromatic carbocycles. The largest absolute Gasteiger partial charge is 0.395 e. The average Bonchev–Trinajstić information content (AvgIpc) is 3.06. The first-order valence-corrected chi connectivity index (χ1v) is 7.10. The molecular weight excluding hydrogens is 226 g/mol. The summed E-state index contributed by atoms with van der Waals surface area (Å²) in [6.07, 6.45) is 10.2. The number of aliphatic hydroxyl groups excluding tert-OH is 1. The van der Waals surface area contributed by atoms with Crippen LogP contribution in [-0.2, 0) is 12.8 Å². The Morgan fingerprint density at radius 3 is 2.78 bits per heavy atom. The lowest BCUT2D eigenvalue weighted by Crippen LogP contribution is -2.37. The number of anilines is 1. The second-order valence-electron chi connectivity index (χ2n) is 5.33. The Balaban J connectivity index is 1.92. The summed E-state index contributed by atoms with van der Waals surface area (Å²) in [6.45, 7) is 0.906. The summed E-state index contributed by atoms with van der Waals surface area (Å²) in [5.74, 6) is 1.10. The van der Waals surface area contributed by atoms with Crippen LogP contribution in [0.4, 0.5) is 5.82 Å². The standard InChI is InChI=1S/C14H21N3O/c18-9-8-17(11-4-1-2-5-11)14-12-6-3-7-13(12)15-10-16-14/h10-11,18H,1-9H2. The van der Waals surface area contributed by atoms with E-state index in [0.29, 0.717) is 12.6 Å². The molecule has 0 spiro atoms. The van der Waals surface area contributed by atoms with Crippen LogP contribution < -0.4 is 4.90 Å². The second-order valence-corrected chi connectivity index (χ2v) is 5.33. The number of hydrogen-bond acceptors (Lipinski definition) is 4. The molecule has 1 fully saturated rings. The smallest absolute Gasteiger partial charge is 0.135 e. The van der Waals surface area contributed by atoms with Gasteiger partial charge in [0.1, 0.15) is 12.1 Å². The molecular formula is C14H21N3O. The van der Waals surface area contributed by atoms with Crippen LogP contribution in [0.5, 0.6) is 0 Å². The number of nitrogens with zero attached hydrogens (tertiary/aromatic N) is 3. The van der Waals surface area contributed by atoms with Gasteiger partial charge in [-0.2, -0.15) is 0 Å². The highest BCUT2D eigenvalue weighted by Crippen LogP contribution is 2.32. The number of rotatable bonds is 4. The van der Waals surface area contributed by atoms with Gasteiger partial charge >= 0.3 is 0 Å². The van der Waals surface area contributed by atoms with Gasteiger partial charge in [-0.25, -0.2) is 9.97 Å². The zero-order valence-corrected chi connectivity index (χ0v) is 10.8. The predicted molar refractivity (Wildman–Crippen MR) is 70.7 cm³/mol. The van der Waals surface area contributed by atoms with Crippen LogP contribution in [0.3, 0.4) is 0 Å². The SMILES string of the molecule is OCCN(c1ncnc2c1CCC2)C1CCCC1. The van der Waals surface area contributed by atoms with Crippen molar-refractivity contribution in [1.82, 2.24) is 9.97 Å². The molecule has 0 atom stereocenters. The van der Waals surface area contributed by atoms with E-state index in [4.69, 9.17) is 0 Å². The van der Waals surface area contributed by atoms with Crippen LogP contribution in [0.15, 0.2) is 6.33 Å². The highest BCUT2D eigenvalue weighted by atomic mass is 16.3. The number of aromatic nitrogens is 2. The first-order chi connectivity index (χ1) is 8.90. The van der Waals surface area contributed by atoms with Crippen LogP contribution in [0.2, 0.25) is 0 Å². The molecule has 4 heteroatoms. The molecule has 0 unspecified atom stereocenters. The second kappa shape index (κ2) is 5.22. The molecule has 3 rings (SSSR count). The topological polar surface area (TPSA) is 49.2 Å². The highest BCUT2D eigenvalue weighted by Gasteiger charge is 2.27. The van der Waals surface area contributed by atoms with E-state index in [9.17, 15) is 5.11 Å². The van der Waals surface area contributed by atoms with Crippen molar-refractivity contribution in [2.45, 2.75) is 51.0 Å². The lowest BCUT2D eigenvalue weighted by atomic mass is 10.1. The van der Waals surface area contributed by atoms with E-state index in [2.05, 4.69) is 14.9 Å². The lowest BCUT2D eigenvalue weighted by Gasteiger charge is -2.30. The maximum absolute atomic E-state index is 9.32. The van der Waals surface area contributed by atoms with Crippen molar-refractivity contribution < 1.29 is 5.11 Å². The van der Waals surface area contributed by atoms with Crippen molar-refractivity contribution in [2.75, 3.05) is 18.1 Å². The fourth-order valence-electron chi connectivity index (χ4n) is 3.37. The molecule has 4 nitrogen and oxygen atoms in total. The third-order valence-corrected chi connectivity index (χ3v) is 4.23. The van der Waals surface area contributed by atoms with E-state index in [1.807, 2.05) is 0 Å². The fraction of sp³-hybridized carbons (Fsp3) is 0.714. The molecule has 1 aromatic rings. The van der Waals surface area contributed by atoms with Crippen molar-refractivity contribution in [3.8, 4) is 0 Å². The monoisotopic (exact) mass is 247 g/mol. The Hall–Kier alpha value is -1.16. The zero-order chi connectivity index (χ0) is 12.4. The summed E-state index contributed by atoms with van der Waals surface area (Å²) in [5, 5.41) is 9.32. The third kappa shape index (κ3) is 2.09. The molecule has 1 saturated carbocycles. The molecule has 1 heterocycles. The number of fused-ring (bicyclic) bond motifs is 1. The molecule has 0 saturated heterocycles. The molecule has 0 bridgehead atoms. The van der Waals surface area contributed by atoms with Crippen molar-refractivity contribution in [1.29, 1.82) is 0 Å². The van der Waals surface area contributed by atoms with E-state index in [1.54, 1.807) is 6.33 Å². The average molecular weight is 247 g/mol. The van der Waals surface area contributed by atoms with Crippen molar-refractivity contribution in [2.24, 2.45) is 0 Å². The summed E-state index contributed by atoms with van der Waals surface area (Å²) < 4.78 is 0. The van der Waals surface area contributed by atoms with E-state index < -0.39 is 0 Å². The van der Waals surface area contributed by atoms with Crippen molar-refractivity contribution in [3.05, 3.63) is 17.6 Å². The van der Waals surface area contributed by atoms with Gasteiger partial charge < -0.3 is 10.0 Å². The Bertz CT molecular complexity index is 416. The summed E-state index contributed by atoms with van der Waals surface area (Å²) in [7, 11) is 0. The van der Waals surface area contributed by atoms with E-state index in [0.717, 1.165) is 18.7 Å². The number of aliphatic hydroxyl groups is 1. The van der Waals surface area contributed by atoms with Crippen LogP contribution in [-0.4, -0.2) is 34.3 Å². The van der Waals surface area contributed by atoms with Crippen LogP contribution in [0, 0.1) is 0 Å². The molecule has 2 aliphatic rings. The molecule has 0 radical (unpaired) electrons. The summed E-state index contributed by atoms with van der Waals surface area (Å²) in [6, 6.07) is 0.566. The Morgan fingerprint density at radius 1 is 1.17 bits per heavy atom. The Kier molecular flexibility index (Phi) is 3.46. The first-order valence-electron chi connectivity index (χ1n) is 7.10. The van der Waals surface area contributed by atoms with Gasteiger partial charge in [0.2, 0.25) is 0 Å². The van der Waals surface area contributed by atoms with Gasteiger partial charge in [-0.1, -0.05) is 12.8 Å². The first kappa shape index (κ1) is 11.9. The fourth-order valence-corrected chi connectivity index (χ4v) is 3.37. The van der Waals surface area contributed by atoms with Gasteiger partial charge in [0, 0.05) is 23.8 Å². The predicted octanol–water partition coefficient (Wildman–Crippen LogP) is 1.71. The van der Waals surface area contributed by atoms with Crippen LogP contribution >= 0.6 is 0 Å². The molecule has 0 amide bonds. The quantitative estimate of drug-likeness (QED) is 0.880. The van der Waals surface area contributed by atoms with Crippen LogP contribution in [0.1, 0.15) is 43.4 Å². The van der Waals surface area contributed by atoms with Gasteiger partial charge in [0.15, 0.2) is 0 Å². The summed E-state index contributed by atoms with van der Waals surface area (Å²) in [4.78, 5) is 11.2. The van der Waals surface area contributed by atoms with E-state index in [-0.39, 0.29) is 6.61 Å². The normalized spacial score (nSPS) is 19.2.